The van der Waals surface area contributed by atoms with Gasteiger partial charge in [0.1, 0.15) is 6.07 Å². The van der Waals surface area contributed by atoms with Crippen molar-refractivity contribution in [1.29, 1.82) is 10.5 Å². The number of benzene rings is 1. The van der Waals surface area contributed by atoms with Crippen molar-refractivity contribution in [3.63, 3.8) is 0 Å². The fourth-order valence-corrected chi connectivity index (χ4v) is 1.54. The first kappa shape index (κ1) is 11.6. The Bertz CT molecular complexity index is 634. The van der Waals surface area contributed by atoms with E-state index in [0.717, 1.165) is 5.69 Å². The minimum atomic E-state index is 0.455. The number of hydrogen-bond donors (Lipinski definition) is 0. The van der Waals surface area contributed by atoms with Crippen molar-refractivity contribution in [2.45, 2.75) is 0 Å². The molecule has 0 aliphatic heterocycles. The van der Waals surface area contributed by atoms with E-state index in [0.29, 0.717) is 16.9 Å². The highest BCUT2D eigenvalue weighted by Gasteiger charge is 2.10. The van der Waals surface area contributed by atoms with Crippen LogP contribution in [0.2, 0.25) is 0 Å². The van der Waals surface area contributed by atoms with E-state index < -0.39 is 0 Å². The van der Waals surface area contributed by atoms with Crippen LogP contribution in [-0.2, 0) is 0 Å². The highest BCUT2D eigenvalue weighted by Crippen LogP contribution is 2.23. The van der Waals surface area contributed by atoms with Crippen LogP contribution in [0, 0.1) is 22.7 Å². The monoisotopic (exact) mass is 235 g/mol. The van der Waals surface area contributed by atoms with E-state index in [4.69, 9.17) is 10.5 Å². The van der Waals surface area contributed by atoms with Gasteiger partial charge >= 0.3 is 0 Å². The predicted octanol–water partition coefficient (Wildman–Crippen LogP) is 1.99. The fraction of sp³-hybridized carbons (Fsp3) is 0.0769. The summed E-state index contributed by atoms with van der Waals surface area (Å²) in [6.45, 7) is 0. The van der Waals surface area contributed by atoms with Gasteiger partial charge in [-0.2, -0.15) is 15.6 Å². The van der Waals surface area contributed by atoms with Gasteiger partial charge in [0.25, 0.3) is 0 Å². The third kappa shape index (κ3) is 2.11. The van der Waals surface area contributed by atoms with Crippen molar-refractivity contribution in [2.24, 2.45) is 0 Å². The van der Waals surface area contributed by atoms with Gasteiger partial charge in [0.2, 0.25) is 0 Å². The zero-order chi connectivity index (χ0) is 13.0. The largest absolute Gasteiger partial charge is 0.327 e. The quantitative estimate of drug-likeness (QED) is 0.795. The summed E-state index contributed by atoms with van der Waals surface area (Å²) in [5, 5.41) is 25.5. The number of rotatable bonds is 2. The van der Waals surface area contributed by atoms with Gasteiger partial charge in [-0.05, 0) is 30.3 Å². The van der Waals surface area contributed by atoms with Crippen LogP contribution in [0.1, 0.15) is 11.1 Å². The molecule has 0 fully saturated rings. The lowest BCUT2D eigenvalue weighted by Crippen LogP contribution is -2.13. The first-order valence-corrected chi connectivity index (χ1v) is 5.22. The van der Waals surface area contributed by atoms with Crippen molar-refractivity contribution >= 4 is 11.5 Å². The number of aromatic nitrogens is 2. The molecule has 0 radical (unpaired) electrons. The molecule has 0 unspecified atom stereocenters. The summed E-state index contributed by atoms with van der Waals surface area (Å²) in [6.07, 6.45) is 1.48. The topological polar surface area (TPSA) is 76.6 Å². The van der Waals surface area contributed by atoms with Crippen LogP contribution in [0.15, 0.2) is 36.5 Å². The van der Waals surface area contributed by atoms with Crippen LogP contribution < -0.4 is 4.90 Å². The van der Waals surface area contributed by atoms with Crippen LogP contribution >= 0.6 is 0 Å². The Morgan fingerprint density at radius 3 is 2.39 bits per heavy atom. The summed E-state index contributed by atoms with van der Waals surface area (Å²) in [5.41, 5.74) is 1.88. The highest BCUT2D eigenvalue weighted by molar-refractivity contribution is 5.64. The second-order valence-electron chi connectivity index (χ2n) is 3.60. The summed E-state index contributed by atoms with van der Waals surface area (Å²) < 4.78 is 0. The zero-order valence-corrected chi connectivity index (χ0v) is 9.70. The van der Waals surface area contributed by atoms with Gasteiger partial charge in [0.15, 0.2) is 5.82 Å². The lowest BCUT2D eigenvalue weighted by atomic mass is 10.2. The average molecular weight is 235 g/mol. The molecule has 5 nitrogen and oxygen atoms in total. The molecular formula is C13H9N5. The Morgan fingerprint density at radius 2 is 1.78 bits per heavy atom. The van der Waals surface area contributed by atoms with E-state index in [9.17, 15) is 0 Å². The molecular weight excluding hydrogens is 226 g/mol. The number of hydrogen-bond acceptors (Lipinski definition) is 5. The molecule has 1 aromatic heterocycles. The number of nitriles is 2. The van der Waals surface area contributed by atoms with Crippen LogP contribution in [0.3, 0.4) is 0 Å². The molecule has 0 aliphatic carbocycles. The third-order valence-corrected chi connectivity index (χ3v) is 2.52. The molecule has 0 N–H and O–H groups in total. The first-order chi connectivity index (χ1) is 8.76. The molecule has 0 spiro atoms. The van der Waals surface area contributed by atoms with Crippen molar-refractivity contribution in [2.75, 3.05) is 11.9 Å². The van der Waals surface area contributed by atoms with Crippen LogP contribution in [0.5, 0.6) is 0 Å². The molecule has 86 valence electrons. The van der Waals surface area contributed by atoms with Gasteiger partial charge < -0.3 is 4.90 Å². The highest BCUT2D eigenvalue weighted by atomic mass is 15.2. The minimum absolute atomic E-state index is 0.455. The van der Waals surface area contributed by atoms with Gasteiger partial charge in [-0.1, -0.05) is 0 Å². The molecule has 0 aliphatic rings. The van der Waals surface area contributed by atoms with Crippen LogP contribution in [-0.4, -0.2) is 17.2 Å². The third-order valence-electron chi connectivity index (χ3n) is 2.52. The van der Waals surface area contributed by atoms with Crippen molar-refractivity contribution in [3.05, 3.63) is 47.7 Å². The van der Waals surface area contributed by atoms with E-state index in [1.165, 1.54) is 6.20 Å². The average Bonchev–Trinajstić information content (AvgIpc) is 2.46. The molecule has 2 aromatic rings. The molecule has 0 saturated heterocycles. The maximum atomic E-state index is 9.01. The van der Waals surface area contributed by atoms with Gasteiger partial charge in [-0.15, -0.1) is 5.10 Å². The Kier molecular flexibility index (Phi) is 3.17. The van der Waals surface area contributed by atoms with Crippen molar-refractivity contribution < 1.29 is 0 Å². The molecule has 5 heteroatoms. The van der Waals surface area contributed by atoms with Crippen molar-refractivity contribution in [1.82, 2.24) is 10.2 Å². The van der Waals surface area contributed by atoms with E-state index in [-0.39, 0.29) is 0 Å². The zero-order valence-electron chi connectivity index (χ0n) is 9.70. The molecule has 0 saturated carbocycles. The lowest BCUT2D eigenvalue weighted by molar-refractivity contribution is 0.981. The fourth-order valence-electron chi connectivity index (χ4n) is 1.54. The van der Waals surface area contributed by atoms with Gasteiger partial charge in [-0.3, -0.25) is 0 Å². The summed E-state index contributed by atoms with van der Waals surface area (Å²) in [4.78, 5) is 1.76. The number of nitrogens with zero attached hydrogens (tertiary/aromatic N) is 5. The second kappa shape index (κ2) is 4.94. The van der Waals surface area contributed by atoms with E-state index in [1.54, 1.807) is 42.3 Å². The Morgan fingerprint density at radius 1 is 1.06 bits per heavy atom. The Balaban J connectivity index is 2.39. The maximum absolute atomic E-state index is 9.01. The van der Waals surface area contributed by atoms with E-state index in [1.807, 2.05) is 0 Å². The Labute approximate surface area is 105 Å². The number of anilines is 2. The molecule has 2 rings (SSSR count). The van der Waals surface area contributed by atoms with Gasteiger partial charge in [-0.25, -0.2) is 0 Å². The molecule has 0 bridgehead atoms. The minimum Gasteiger partial charge on any atom is -0.327 e. The van der Waals surface area contributed by atoms with E-state index >= 15 is 0 Å². The first-order valence-electron chi connectivity index (χ1n) is 5.22. The smallest absolute Gasteiger partial charge is 0.173 e. The molecule has 18 heavy (non-hydrogen) atoms. The standard InChI is InChI=1S/C13H9N5/c1-18(12-4-2-10(8-14)3-5-12)13-11(9-15)6-7-16-17-13/h2-7H,1H3. The Hall–Kier alpha value is -2.92. The predicted molar refractivity (Wildman–Crippen MR) is 66.0 cm³/mol. The van der Waals surface area contributed by atoms with Crippen LogP contribution in [0.4, 0.5) is 11.5 Å². The normalized spacial score (nSPS) is 9.28. The maximum Gasteiger partial charge on any atom is 0.173 e. The van der Waals surface area contributed by atoms with Crippen molar-refractivity contribution in [3.8, 4) is 12.1 Å². The lowest BCUT2D eigenvalue weighted by Gasteiger charge is -2.18. The summed E-state index contributed by atoms with van der Waals surface area (Å²) >= 11 is 0. The van der Waals surface area contributed by atoms with Gasteiger partial charge in [0.05, 0.1) is 23.4 Å². The van der Waals surface area contributed by atoms with Gasteiger partial charge in [0, 0.05) is 12.7 Å². The van der Waals surface area contributed by atoms with Crippen LogP contribution in [0.25, 0.3) is 0 Å². The second-order valence-corrected chi connectivity index (χ2v) is 3.60. The van der Waals surface area contributed by atoms with E-state index in [2.05, 4.69) is 22.3 Å². The summed E-state index contributed by atoms with van der Waals surface area (Å²) in [6, 6.07) is 12.8. The summed E-state index contributed by atoms with van der Waals surface area (Å²) in [5.74, 6) is 0.490. The molecule has 0 atom stereocenters. The molecule has 0 amide bonds. The molecule has 1 aromatic carbocycles. The SMILES string of the molecule is CN(c1ccc(C#N)cc1)c1nnccc1C#N. The summed E-state index contributed by atoms with van der Waals surface area (Å²) in [7, 11) is 1.80. The molecule has 1 heterocycles.